The van der Waals surface area contributed by atoms with Gasteiger partial charge in [-0.05, 0) is 13.8 Å². The van der Waals surface area contributed by atoms with Crippen molar-refractivity contribution >= 4 is 23.1 Å². The maximum Gasteiger partial charge on any atom is 0.243 e. The summed E-state index contributed by atoms with van der Waals surface area (Å²) in [6, 6.07) is 0.108. The highest BCUT2D eigenvalue weighted by molar-refractivity contribution is 6.32. The van der Waals surface area contributed by atoms with Crippen molar-refractivity contribution in [2.24, 2.45) is 0 Å². The smallest absolute Gasteiger partial charge is 0.243 e. The highest BCUT2D eigenvalue weighted by atomic mass is 35.5. The van der Waals surface area contributed by atoms with Crippen LogP contribution in [0.5, 0.6) is 0 Å². The van der Waals surface area contributed by atoms with Crippen LogP contribution in [0, 0.1) is 6.92 Å². The number of anilines is 2. The van der Waals surface area contributed by atoms with Crippen LogP contribution in [0.4, 0.5) is 11.5 Å². The molecule has 3 rings (SSSR count). The van der Waals surface area contributed by atoms with Gasteiger partial charge >= 0.3 is 0 Å². The molecule has 1 atom stereocenters. The number of hydrogen-bond acceptors (Lipinski definition) is 8. The van der Waals surface area contributed by atoms with E-state index in [1.54, 1.807) is 0 Å². The molecule has 124 valence electrons. The molecular formula is C14H20ClN7O. The average Bonchev–Trinajstić information content (AvgIpc) is 3.00. The van der Waals surface area contributed by atoms with Crippen LogP contribution in [0.15, 0.2) is 10.9 Å². The first-order valence-corrected chi connectivity index (χ1v) is 7.95. The summed E-state index contributed by atoms with van der Waals surface area (Å²) in [7, 11) is 1.82. The van der Waals surface area contributed by atoms with Gasteiger partial charge in [0.15, 0.2) is 16.8 Å². The number of hydrogen-bond donors (Lipinski definition) is 1. The van der Waals surface area contributed by atoms with Crippen LogP contribution in [-0.4, -0.2) is 58.2 Å². The van der Waals surface area contributed by atoms with E-state index < -0.39 is 0 Å². The lowest BCUT2D eigenvalue weighted by Crippen LogP contribution is -2.47. The van der Waals surface area contributed by atoms with Crippen LogP contribution in [0.1, 0.15) is 24.7 Å². The van der Waals surface area contributed by atoms with E-state index in [1.165, 1.54) is 6.33 Å². The van der Waals surface area contributed by atoms with Gasteiger partial charge in [0.2, 0.25) is 5.89 Å². The van der Waals surface area contributed by atoms with E-state index in [1.807, 2.05) is 14.0 Å². The number of nitrogens with zero attached hydrogens (tertiary/aromatic N) is 6. The van der Waals surface area contributed by atoms with Crippen molar-refractivity contribution in [3.05, 3.63) is 23.2 Å². The summed E-state index contributed by atoms with van der Waals surface area (Å²) in [5.41, 5.74) is 0.767. The molecular weight excluding hydrogens is 318 g/mol. The Morgan fingerprint density at radius 1 is 1.26 bits per heavy atom. The zero-order valence-electron chi connectivity index (χ0n) is 13.5. The fourth-order valence-corrected chi connectivity index (χ4v) is 2.99. The Labute approximate surface area is 139 Å². The molecule has 1 aliphatic rings. The van der Waals surface area contributed by atoms with Gasteiger partial charge < -0.3 is 14.7 Å². The molecule has 1 N–H and O–H groups in total. The summed E-state index contributed by atoms with van der Waals surface area (Å²) in [5, 5.41) is 7.38. The lowest BCUT2D eigenvalue weighted by Gasteiger charge is -2.37. The van der Waals surface area contributed by atoms with Crippen molar-refractivity contribution in [1.82, 2.24) is 25.0 Å². The number of aryl methyl sites for hydroxylation is 1. The molecule has 0 aliphatic carbocycles. The first-order chi connectivity index (χ1) is 11.1. The summed E-state index contributed by atoms with van der Waals surface area (Å²) in [6.07, 6.45) is 1.49. The van der Waals surface area contributed by atoms with Gasteiger partial charge in [-0.25, -0.2) is 9.97 Å². The second kappa shape index (κ2) is 6.67. The maximum absolute atomic E-state index is 6.13. The summed E-state index contributed by atoms with van der Waals surface area (Å²) in [4.78, 5) is 17.2. The summed E-state index contributed by atoms with van der Waals surface area (Å²) in [6.45, 7) is 7.37. The third kappa shape index (κ3) is 3.23. The standard InChI is InChI=1S/C14H20ClN7O/c1-9(14-19-10(2)20-23-14)21-4-6-22(7-5-21)13-11(16-3)12(15)17-8-18-13/h8-9,16H,4-7H2,1-3H3. The van der Waals surface area contributed by atoms with E-state index in [-0.39, 0.29) is 6.04 Å². The minimum Gasteiger partial charge on any atom is -0.383 e. The predicted octanol–water partition coefficient (Wildman–Crippen LogP) is 1.75. The van der Waals surface area contributed by atoms with Crippen molar-refractivity contribution in [2.75, 3.05) is 43.4 Å². The van der Waals surface area contributed by atoms with Gasteiger partial charge in [-0.1, -0.05) is 16.8 Å². The van der Waals surface area contributed by atoms with Gasteiger partial charge in [0, 0.05) is 33.2 Å². The molecule has 2 aromatic rings. The molecule has 0 aromatic carbocycles. The van der Waals surface area contributed by atoms with E-state index in [2.05, 4.69) is 42.1 Å². The molecule has 3 heterocycles. The normalized spacial score (nSPS) is 17.3. The fraction of sp³-hybridized carbons (Fsp3) is 0.571. The molecule has 0 spiro atoms. The molecule has 1 saturated heterocycles. The second-order valence-electron chi connectivity index (χ2n) is 5.49. The lowest BCUT2D eigenvalue weighted by molar-refractivity contribution is 0.164. The molecule has 0 radical (unpaired) electrons. The van der Waals surface area contributed by atoms with Crippen LogP contribution in [0.3, 0.4) is 0 Å². The number of piperazine rings is 1. The molecule has 8 nitrogen and oxygen atoms in total. The van der Waals surface area contributed by atoms with Crippen molar-refractivity contribution in [3.63, 3.8) is 0 Å². The minimum absolute atomic E-state index is 0.108. The Bertz CT molecular complexity index is 669. The van der Waals surface area contributed by atoms with Gasteiger partial charge in [-0.15, -0.1) is 0 Å². The van der Waals surface area contributed by atoms with E-state index in [9.17, 15) is 0 Å². The van der Waals surface area contributed by atoms with Crippen LogP contribution in [0.25, 0.3) is 0 Å². The minimum atomic E-state index is 0.108. The van der Waals surface area contributed by atoms with Crippen molar-refractivity contribution in [1.29, 1.82) is 0 Å². The fourth-order valence-electron chi connectivity index (χ4n) is 2.77. The molecule has 1 unspecified atom stereocenters. The van der Waals surface area contributed by atoms with Crippen LogP contribution in [-0.2, 0) is 0 Å². The lowest BCUT2D eigenvalue weighted by atomic mass is 10.2. The number of halogens is 1. The van der Waals surface area contributed by atoms with Crippen molar-refractivity contribution < 1.29 is 4.52 Å². The zero-order chi connectivity index (χ0) is 16.4. The van der Waals surface area contributed by atoms with Crippen molar-refractivity contribution in [2.45, 2.75) is 19.9 Å². The van der Waals surface area contributed by atoms with Gasteiger partial charge in [-0.2, -0.15) is 4.98 Å². The van der Waals surface area contributed by atoms with E-state index >= 15 is 0 Å². The van der Waals surface area contributed by atoms with Crippen LogP contribution >= 0.6 is 11.6 Å². The first-order valence-electron chi connectivity index (χ1n) is 7.57. The monoisotopic (exact) mass is 337 g/mol. The Morgan fingerprint density at radius 2 is 2.00 bits per heavy atom. The highest BCUT2D eigenvalue weighted by Gasteiger charge is 2.27. The molecule has 1 aliphatic heterocycles. The summed E-state index contributed by atoms with van der Waals surface area (Å²) in [5.74, 6) is 2.17. The van der Waals surface area contributed by atoms with Gasteiger partial charge in [0.05, 0.1) is 6.04 Å². The molecule has 1 fully saturated rings. The SMILES string of the molecule is CNc1c(Cl)ncnc1N1CCN(C(C)c2nc(C)no2)CC1. The third-order valence-corrected chi connectivity index (χ3v) is 4.38. The molecule has 2 aromatic heterocycles. The quantitative estimate of drug-likeness (QED) is 0.845. The zero-order valence-corrected chi connectivity index (χ0v) is 14.2. The summed E-state index contributed by atoms with van der Waals surface area (Å²) >= 11 is 6.13. The predicted molar refractivity (Wildman–Crippen MR) is 87.8 cm³/mol. The maximum atomic E-state index is 6.13. The largest absolute Gasteiger partial charge is 0.383 e. The van der Waals surface area contributed by atoms with Crippen molar-refractivity contribution in [3.8, 4) is 0 Å². The van der Waals surface area contributed by atoms with E-state index in [0.717, 1.165) is 37.7 Å². The number of nitrogens with one attached hydrogen (secondary N) is 1. The Balaban J connectivity index is 1.68. The molecule has 0 saturated carbocycles. The molecule has 9 heteroatoms. The highest BCUT2D eigenvalue weighted by Crippen LogP contribution is 2.30. The molecule has 0 amide bonds. The average molecular weight is 338 g/mol. The van der Waals surface area contributed by atoms with Gasteiger partial charge in [0.25, 0.3) is 0 Å². The van der Waals surface area contributed by atoms with Gasteiger partial charge in [0.1, 0.15) is 12.0 Å². The topological polar surface area (TPSA) is 83.2 Å². The van der Waals surface area contributed by atoms with E-state index in [4.69, 9.17) is 16.1 Å². The third-order valence-electron chi connectivity index (χ3n) is 4.09. The number of rotatable bonds is 4. The molecule has 23 heavy (non-hydrogen) atoms. The Hall–Kier alpha value is -1.93. The first kappa shape index (κ1) is 15.9. The Kier molecular flexibility index (Phi) is 4.63. The Morgan fingerprint density at radius 3 is 2.61 bits per heavy atom. The van der Waals surface area contributed by atoms with Gasteiger partial charge in [-0.3, -0.25) is 4.90 Å². The second-order valence-corrected chi connectivity index (χ2v) is 5.85. The van der Waals surface area contributed by atoms with Crippen LogP contribution < -0.4 is 10.2 Å². The van der Waals surface area contributed by atoms with Crippen LogP contribution in [0.2, 0.25) is 5.15 Å². The molecule has 0 bridgehead atoms. The number of aromatic nitrogens is 4. The summed E-state index contributed by atoms with van der Waals surface area (Å²) < 4.78 is 5.28. The van der Waals surface area contributed by atoms with E-state index in [0.29, 0.717) is 16.9 Å².